The Morgan fingerprint density at radius 3 is 2.50 bits per heavy atom. The summed E-state index contributed by atoms with van der Waals surface area (Å²) in [4.78, 5) is 12.2. The molecule has 0 aromatic heterocycles. The summed E-state index contributed by atoms with van der Waals surface area (Å²) in [6.45, 7) is 1.62. The Kier molecular flexibility index (Phi) is 7.51. The van der Waals surface area contributed by atoms with Crippen LogP contribution in [0.1, 0.15) is 6.92 Å². The van der Waals surface area contributed by atoms with Crippen LogP contribution >= 0.6 is 27.7 Å². The van der Waals surface area contributed by atoms with Crippen molar-refractivity contribution in [2.24, 2.45) is 0 Å². The molecule has 0 aliphatic rings. The van der Waals surface area contributed by atoms with Gasteiger partial charge in [0.2, 0.25) is 15.9 Å². The van der Waals surface area contributed by atoms with Gasteiger partial charge < -0.3 is 10.1 Å². The van der Waals surface area contributed by atoms with Crippen LogP contribution in [0.5, 0.6) is 5.75 Å². The van der Waals surface area contributed by atoms with E-state index in [4.69, 9.17) is 4.74 Å². The standard InChI is InChI=1S/C17H19BrN2O4S2/c1-12(21)20-14-5-8-16(24-2)17(11-14)26(22,23)19-9-10-25-15-6-3-13(18)4-7-15/h3-8,11,19H,9-10H2,1-2H3,(H,20,21). The number of methoxy groups -OCH3 is 1. The molecule has 2 rings (SSSR count). The van der Waals surface area contributed by atoms with E-state index in [-0.39, 0.29) is 23.1 Å². The third-order valence-corrected chi connectivity index (χ3v) is 6.27. The predicted octanol–water partition coefficient (Wildman–Crippen LogP) is 3.49. The number of ether oxygens (including phenoxy) is 1. The Hall–Kier alpha value is -1.55. The van der Waals surface area contributed by atoms with Gasteiger partial charge in [0.25, 0.3) is 0 Å². The topological polar surface area (TPSA) is 84.5 Å². The van der Waals surface area contributed by atoms with Crippen molar-refractivity contribution in [3.05, 3.63) is 46.9 Å². The maximum atomic E-state index is 12.6. The van der Waals surface area contributed by atoms with Gasteiger partial charge >= 0.3 is 0 Å². The maximum Gasteiger partial charge on any atom is 0.244 e. The van der Waals surface area contributed by atoms with Crippen molar-refractivity contribution in [2.75, 3.05) is 24.7 Å². The summed E-state index contributed by atoms with van der Waals surface area (Å²) >= 11 is 4.92. The fraction of sp³-hybridized carbons (Fsp3) is 0.235. The molecule has 0 spiro atoms. The molecule has 6 nitrogen and oxygen atoms in total. The number of anilines is 1. The summed E-state index contributed by atoms with van der Waals surface area (Å²) < 4.78 is 33.9. The SMILES string of the molecule is COc1ccc(NC(C)=O)cc1S(=O)(=O)NCCSc1ccc(Br)cc1. The average Bonchev–Trinajstić information content (AvgIpc) is 2.60. The van der Waals surface area contributed by atoms with Crippen molar-refractivity contribution in [1.29, 1.82) is 0 Å². The van der Waals surface area contributed by atoms with Crippen molar-refractivity contribution in [3.63, 3.8) is 0 Å². The third kappa shape index (κ3) is 6.01. The zero-order valence-electron chi connectivity index (χ0n) is 14.3. The second-order valence-electron chi connectivity index (χ2n) is 5.25. The van der Waals surface area contributed by atoms with Gasteiger partial charge in [-0.3, -0.25) is 4.79 Å². The van der Waals surface area contributed by atoms with E-state index in [9.17, 15) is 13.2 Å². The highest BCUT2D eigenvalue weighted by atomic mass is 79.9. The smallest absolute Gasteiger partial charge is 0.244 e. The average molecular weight is 459 g/mol. The number of carbonyl (C=O) groups excluding carboxylic acids is 1. The van der Waals surface area contributed by atoms with Gasteiger partial charge in [0.05, 0.1) is 7.11 Å². The van der Waals surface area contributed by atoms with Crippen LogP contribution in [0.4, 0.5) is 5.69 Å². The number of rotatable bonds is 8. The van der Waals surface area contributed by atoms with Crippen molar-refractivity contribution in [3.8, 4) is 5.75 Å². The van der Waals surface area contributed by atoms with Crippen LogP contribution in [-0.2, 0) is 14.8 Å². The molecule has 0 radical (unpaired) electrons. The first-order valence-corrected chi connectivity index (χ1v) is 10.9. The number of nitrogens with one attached hydrogen (secondary N) is 2. The Morgan fingerprint density at radius 2 is 1.88 bits per heavy atom. The lowest BCUT2D eigenvalue weighted by molar-refractivity contribution is -0.114. The van der Waals surface area contributed by atoms with E-state index in [0.29, 0.717) is 11.4 Å². The Labute approximate surface area is 165 Å². The molecule has 26 heavy (non-hydrogen) atoms. The van der Waals surface area contributed by atoms with Crippen LogP contribution in [0.3, 0.4) is 0 Å². The van der Waals surface area contributed by atoms with Gasteiger partial charge in [-0.25, -0.2) is 13.1 Å². The molecule has 0 aliphatic carbocycles. The maximum absolute atomic E-state index is 12.6. The Bertz CT molecular complexity index is 871. The molecule has 0 saturated carbocycles. The van der Waals surface area contributed by atoms with E-state index in [1.807, 2.05) is 24.3 Å². The van der Waals surface area contributed by atoms with Crippen LogP contribution in [0.2, 0.25) is 0 Å². The second kappa shape index (κ2) is 9.40. The summed E-state index contributed by atoms with van der Waals surface area (Å²) in [5.74, 6) is 0.513. The van der Waals surface area contributed by atoms with Gasteiger partial charge in [-0.1, -0.05) is 15.9 Å². The third-order valence-electron chi connectivity index (χ3n) is 3.25. The molecule has 0 unspecified atom stereocenters. The molecule has 0 bridgehead atoms. The van der Waals surface area contributed by atoms with E-state index < -0.39 is 10.0 Å². The molecule has 0 fully saturated rings. The van der Waals surface area contributed by atoms with Gasteiger partial charge in [0, 0.05) is 34.3 Å². The molecule has 140 valence electrons. The highest BCUT2D eigenvalue weighted by Crippen LogP contribution is 2.27. The number of hydrogen-bond donors (Lipinski definition) is 2. The first kappa shape index (κ1) is 20.8. The monoisotopic (exact) mass is 458 g/mol. The zero-order valence-corrected chi connectivity index (χ0v) is 17.5. The summed E-state index contributed by atoms with van der Waals surface area (Å²) in [6, 6.07) is 12.3. The number of sulfonamides is 1. The summed E-state index contributed by atoms with van der Waals surface area (Å²) in [5, 5.41) is 2.57. The van der Waals surface area contributed by atoms with E-state index in [1.54, 1.807) is 17.8 Å². The highest BCUT2D eigenvalue weighted by Gasteiger charge is 2.20. The zero-order chi connectivity index (χ0) is 19.2. The number of thioether (sulfide) groups is 1. The Morgan fingerprint density at radius 1 is 1.19 bits per heavy atom. The predicted molar refractivity (Wildman–Crippen MR) is 107 cm³/mol. The van der Waals surface area contributed by atoms with Crippen LogP contribution in [0, 0.1) is 0 Å². The van der Waals surface area contributed by atoms with Crippen LogP contribution < -0.4 is 14.8 Å². The number of carbonyl (C=O) groups is 1. The van der Waals surface area contributed by atoms with Crippen molar-refractivity contribution in [2.45, 2.75) is 16.7 Å². The minimum atomic E-state index is -3.77. The number of benzene rings is 2. The number of hydrogen-bond acceptors (Lipinski definition) is 5. The molecule has 2 N–H and O–H groups in total. The van der Waals surface area contributed by atoms with E-state index in [0.717, 1.165) is 9.37 Å². The highest BCUT2D eigenvalue weighted by molar-refractivity contribution is 9.10. The molecule has 9 heteroatoms. The lowest BCUT2D eigenvalue weighted by atomic mass is 10.3. The second-order valence-corrected chi connectivity index (χ2v) is 9.07. The lowest BCUT2D eigenvalue weighted by Gasteiger charge is -2.12. The quantitative estimate of drug-likeness (QED) is 0.467. The lowest BCUT2D eigenvalue weighted by Crippen LogP contribution is -2.26. The molecule has 0 aliphatic heterocycles. The van der Waals surface area contributed by atoms with Crippen molar-refractivity contribution < 1.29 is 17.9 Å². The molecular formula is C17H19BrN2O4S2. The summed E-state index contributed by atoms with van der Waals surface area (Å²) in [5.41, 5.74) is 0.392. The first-order valence-electron chi connectivity index (χ1n) is 7.65. The minimum Gasteiger partial charge on any atom is -0.495 e. The molecule has 0 atom stereocenters. The summed E-state index contributed by atoms with van der Waals surface area (Å²) in [6.07, 6.45) is 0. The van der Waals surface area contributed by atoms with Gasteiger partial charge in [-0.15, -0.1) is 11.8 Å². The van der Waals surface area contributed by atoms with E-state index in [1.165, 1.54) is 26.2 Å². The van der Waals surface area contributed by atoms with Gasteiger partial charge in [0.15, 0.2) is 0 Å². The van der Waals surface area contributed by atoms with Crippen molar-refractivity contribution >= 4 is 49.3 Å². The minimum absolute atomic E-state index is 0.0140. The largest absolute Gasteiger partial charge is 0.495 e. The fourth-order valence-electron chi connectivity index (χ4n) is 2.12. The van der Waals surface area contributed by atoms with E-state index in [2.05, 4.69) is 26.0 Å². The van der Waals surface area contributed by atoms with Crippen LogP contribution in [-0.4, -0.2) is 33.7 Å². The molecule has 2 aromatic carbocycles. The molecule has 2 aromatic rings. The van der Waals surface area contributed by atoms with Crippen LogP contribution in [0.25, 0.3) is 0 Å². The van der Waals surface area contributed by atoms with E-state index >= 15 is 0 Å². The summed E-state index contributed by atoms with van der Waals surface area (Å²) in [7, 11) is -2.37. The molecular weight excluding hydrogens is 440 g/mol. The molecule has 0 saturated heterocycles. The molecule has 1 amide bonds. The normalized spacial score (nSPS) is 11.2. The first-order chi connectivity index (χ1) is 12.3. The fourth-order valence-corrected chi connectivity index (χ4v) is 4.51. The van der Waals surface area contributed by atoms with Crippen molar-refractivity contribution in [1.82, 2.24) is 4.72 Å². The number of amides is 1. The van der Waals surface area contributed by atoms with Gasteiger partial charge in [-0.2, -0.15) is 0 Å². The molecule has 0 heterocycles. The number of halogens is 1. The van der Waals surface area contributed by atoms with Gasteiger partial charge in [0.1, 0.15) is 10.6 Å². The van der Waals surface area contributed by atoms with Crippen LogP contribution in [0.15, 0.2) is 56.7 Å². The van der Waals surface area contributed by atoms with Gasteiger partial charge in [-0.05, 0) is 42.5 Å². The Balaban J connectivity index is 2.03.